The first kappa shape index (κ1) is 11.3. The summed E-state index contributed by atoms with van der Waals surface area (Å²) in [5.41, 5.74) is 0. The van der Waals surface area contributed by atoms with Gasteiger partial charge < -0.3 is 0 Å². The van der Waals surface area contributed by atoms with Crippen LogP contribution >= 0.6 is 0 Å². The smallest absolute Gasteiger partial charge is 0.212 e. The third-order valence-corrected chi connectivity index (χ3v) is 1.67. The highest BCUT2D eigenvalue weighted by Crippen LogP contribution is 2.17. The van der Waals surface area contributed by atoms with E-state index in [1.807, 2.05) is 0 Å². The van der Waals surface area contributed by atoms with Crippen LogP contribution in [0.5, 0.6) is 0 Å². The second kappa shape index (κ2) is 5.86. The molecule has 0 saturated carbocycles. The SMILES string of the molecule is C=C(F)C(C)CCCC=C(F)F. The van der Waals surface area contributed by atoms with E-state index in [0.717, 1.165) is 6.08 Å². The zero-order valence-electron chi connectivity index (χ0n) is 7.12. The van der Waals surface area contributed by atoms with Crippen molar-refractivity contribution in [2.24, 2.45) is 5.92 Å². The molecule has 0 fully saturated rings. The Bertz CT molecular complexity index is 169. The van der Waals surface area contributed by atoms with E-state index in [-0.39, 0.29) is 11.7 Å². The van der Waals surface area contributed by atoms with Gasteiger partial charge in [-0.25, -0.2) is 4.39 Å². The van der Waals surface area contributed by atoms with Crippen LogP contribution in [-0.4, -0.2) is 0 Å². The average molecular weight is 178 g/mol. The predicted molar refractivity (Wildman–Crippen MR) is 43.6 cm³/mol. The normalized spacial score (nSPS) is 12.3. The Morgan fingerprint density at radius 2 is 2.00 bits per heavy atom. The van der Waals surface area contributed by atoms with Crippen molar-refractivity contribution in [3.8, 4) is 0 Å². The maximum absolute atomic E-state index is 12.3. The quantitative estimate of drug-likeness (QED) is 0.557. The Kier molecular flexibility index (Phi) is 5.51. The summed E-state index contributed by atoms with van der Waals surface area (Å²) < 4.78 is 35.3. The molecule has 0 aliphatic heterocycles. The van der Waals surface area contributed by atoms with Crippen molar-refractivity contribution in [1.82, 2.24) is 0 Å². The standard InChI is InChI=1S/C9H13F3/c1-7(8(2)10)5-3-4-6-9(11)12/h6-7H,2-5H2,1H3. The summed E-state index contributed by atoms with van der Waals surface area (Å²) in [4.78, 5) is 0. The maximum Gasteiger partial charge on any atom is 0.266 e. The van der Waals surface area contributed by atoms with Crippen molar-refractivity contribution in [2.75, 3.05) is 0 Å². The largest absolute Gasteiger partial charge is 0.266 e. The number of halogens is 3. The predicted octanol–water partition coefficient (Wildman–Crippen LogP) is 4.06. The van der Waals surface area contributed by atoms with Gasteiger partial charge in [-0.15, -0.1) is 0 Å². The van der Waals surface area contributed by atoms with E-state index in [2.05, 4.69) is 6.58 Å². The fourth-order valence-electron chi connectivity index (χ4n) is 0.792. The van der Waals surface area contributed by atoms with Crippen LogP contribution in [-0.2, 0) is 0 Å². The molecule has 3 heteroatoms. The molecule has 1 unspecified atom stereocenters. The number of hydrogen-bond acceptors (Lipinski definition) is 0. The molecule has 0 N–H and O–H groups in total. The molecule has 0 aromatic carbocycles. The summed E-state index contributed by atoms with van der Waals surface area (Å²) >= 11 is 0. The van der Waals surface area contributed by atoms with Gasteiger partial charge in [-0.05, 0) is 25.3 Å². The molecule has 1 atom stereocenters. The van der Waals surface area contributed by atoms with E-state index in [9.17, 15) is 13.2 Å². The van der Waals surface area contributed by atoms with Gasteiger partial charge in [0.05, 0.1) is 5.83 Å². The summed E-state index contributed by atoms with van der Waals surface area (Å²) in [5.74, 6) is -0.597. The van der Waals surface area contributed by atoms with Gasteiger partial charge in [0.2, 0.25) is 0 Å². The van der Waals surface area contributed by atoms with Crippen LogP contribution in [0.25, 0.3) is 0 Å². The highest BCUT2D eigenvalue weighted by molar-refractivity contribution is 4.87. The van der Waals surface area contributed by atoms with Gasteiger partial charge in [-0.3, -0.25) is 0 Å². The highest BCUT2D eigenvalue weighted by atomic mass is 19.3. The van der Waals surface area contributed by atoms with Gasteiger partial charge in [-0.2, -0.15) is 8.78 Å². The van der Waals surface area contributed by atoms with Crippen molar-refractivity contribution in [2.45, 2.75) is 26.2 Å². The van der Waals surface area contributed by atoms with Gasteiger partial charge >= 0.3 is 0 Å². The first-order valence-corrected chi connectivity index (χ1v) is 3.89. The molecule has 0 aromatic heterocycles. The minimum absolute atomic E-state index is 0.221. The first-order chi connectivity index (χ1) is 5.54. The zero-order valence-corrected chi connectivity index (χ0v) is 7.12. The summed E-state index contributed by atoms with van der Waals surface area (Å²) in [6.07, 6.45) is 0.635. The monoisotopic (exact) mass is 178 g/mol. The Labute approximate surface area is 70.8 Å². The molecule has 0 heterocycles. The van der Waals surface area contributed by atoms with Gasteiger partial charge in [0.15, 0.2) is 0 Å². The third kappa shape index (κ3) is 6.01. The van der Waals surface area contributed by atoms with E-state index >= 15 is 0 Å². The lowest BCUT2D eigenvalue weighted by Gasteiger charge is -2.05. The van der Waals surface area contributed by atoms with Crippen LogP contribution in [0.4, 0.5) is 13.2 Å². The van der Waals surface area contributed by atoms with Gasteiger partial charge in [0, 0.05) is 5.92 Å². The van der Waals surface area contributed by atoms with Crippen molar-refractivity contribution in [1.29, 1.82) is 0 Å². The fourth-order valence-corrected chi connectivity index (χ4v) is 0.792. The third-order valence-electron chi connectivity index (χ3n) is 1.67. The van der Waals surface area contributed by atoms with Crippen LogP contribution in [0, 0.1) is 5.92 Å². The molecule has 0 aliphatic rings. The molecule has 0 saturated heterocycles. The van der Waals surface area contributed by atoms with Crippen LogP contribution in [0.3, 0.4) is 0 Å². The molecule has 0 amide bonds. The molecule has 0 bridgehead atoms. The Morgan fingerprint density at radius 3 is 2.42 bits per heavy atom. The minimum atomic E-state index is -1.67. The van der Waals surface area contributed by atoms with Crippen molar-refractivity contribution in [3.63, 3.8) is 0 Å². The Hall–Kier alpha value is -0.730. The second-order valence-electron chi connectivity index (χ2n) is 2.77. The summed E-state index contributed by atoms with van der Waals surface area (Å²) in [6, 6.07) is 0. The summed E-state index contributed by atoms with van der Waals surface area (Å²) in [7, 11) is 0. The molecule has 0 rings (SSSR count). The van der Waals surface area contributed by atoms with E-state index in [0.29, 0.717) is 19.3 Å². The number of allylic oxidation sites excluding steroid dienone is 2. The molecule has 0 spiro atoms. The topological polar surface area (TPSA) is 0 Å². The van der Waals surface area contributed by atoms with Crippen LogP contribution in [0.15, 0.2) is 24.6 Å². The van der Waals surface area contributed by atoms with Crippen molar-refractivity contribution < 1.29 is 13.2 Å². The maximum atomic E-state index is 12.3. The molecule has 0 nitrogen and oxygen atoms in total. The van der Waals surface area contributed by atoms with Crippen LogP contribution in [0.2, 0.25) is 0 Å². The van der Waals surface area contributed by atoms with E-state index in [1.54, 1.807) is 6.92 Å². The Morgan fingerprint density at radius 1 is 1.42 bits per heavy atom. The van der Waals surface area contributed by atoms with Crippen molar-refractivity contribution >= 4 is 0 Å². The molecule has 0 aromatic rings. The van der Waals surface area contributed by atoms with E-state index in [1.165, 1.54) is 0 Å². The lowest BCUT2D eigenvalue weighted by Crippen LogP contribution is -1.93. The second-order valence-corrected chi connectivity index (χ2v) is 2.77. The first-order valence-electron chi connectivity index (χ1n) is 3.89. The Balaban J connectivity index is 3.44. The molecular formula is C9H13F3. The average Bonchev–Trinajstić information content (AvgIpc) is 1.97. The summed E-state index contributed by atoms with van der Waals surface area (Å²) in [6.45, 7) is 4.83. The van der Waals surface area contributed by atoms with Gasteiger partial charge in [0.25, 0.3) is 6.08 Å². The lowest BCUT2D eigenvalue weighted by atomic mass is 10.0. The van der Waals surface area contributed by atoms with E-state index < -0.39 is 6.08 Å². The highest BCUT2D eigenvalue weighted by Gasteiger charge is 2.04. The zero-order chi connectivity index (χ0) is 9.56. The van der Waals surface area contributed by atoms with Crippen LogP contribution < -0.4 is 0 Å². The molecule has 70 valence electrons. The fraction of sp³-hybridized carbons (Fsp3) is 0.556. The van der Waals surface area contributed by atoms with Crippen LogP contribution in [0.1, 0.15) is 26.2 Å². The number of unbranched alkanes of at least 4 members (excludes halogenated alkanes) is 1. The lowest BCUT2D eigenvalue weighted by molar-refractivity contribution is 0.413. The molecule has 0 aliphatic carbocycles. The minimum Gasteiger partial charge on any atom is -0.212 e. The summed E-state index contributed by atoms with van der Waals surface area (Å²) in [5, 5.41) is 0. The molecule has 12 heavy (non-hydrogen) atoms. The van der Waals surface area contributed by atoms with Crippen molar-refractivity contribution in [3.05, 3.63) is 24.6 Å². The number of hydrogen-bond donors (Lipinski definition) is 0. The molecular weight excluding hydrogens is 165 g/mol. The van der Waals surface area contributed by atoms with Gasteiger partial charge in [0.1, 0.15) is 0 Å². The van der Waals surface area contributed by atoms with E-state index in [4.69, 9.17) is 0 Å². The number of rotatable bonds is 5. The van der Waals surface area contributed by atoms with Gasteiger partial charge in [-0.1, -0.05) is 13.5 Å². The molecule has 0 radical (unpaired) electrons.